The monoisotopic (exact) mass is 336 g/mol. The second kappa shape index (κ2) is 7.09. The quantitative estimate of drug-likeness (QED) is 0.564. The number of nitrogens with one attached hydrogen (secondary N) is 2. The van der Waals surface area contributed by atoms with Crippen LogP contribution in [0.5, 0.6) is 0 Å². The molecule has 0 radical (unpaired) electrons. The predicted octanol–water partition coefficient (Wildman–Crippen LogP) is 3.60. The van der Waals surface area contributed by atoms with Crippen molar-refractivity contribution in [3.63, 3.8) is 0 Å². The summed E-state index contributed by atoms with van der Waals surface area (Å²) >= 11 is 0. The zero-order chi connectivity index (χ0) is 17.8. The maximum Gasteiger partial charge on any atom is 0.289 e. The van der Waals surface area contributed by atoms with Crippen LogP contribution in [0, 0.1) is 19.7 Å². The number of hydrazone groups is 1. The van der Waals surface area contributed by atoms with E-state index < -0.39 is 5.91 Å². The number of hydrogen-bond donors (Lipinski definition) is 2. The zero-order valence-corrected chi connectivity index (χ0v) is 13.9. The summed E-state index contributed by atoms with van der Waals surface area (Å²) in [5.74, 6) is -0.780. The molecule has 2 aromatic carbocycles. The van der Waals surface area contributed by atoms with Gasteiger partial charge in [-0.15, -0.1) is 0 Å². The fourth-order valence-electron chi connectivity index (χ4n) is 2.30. The minimum atomic E-state index is -0.421. The molecule has 0 bridgehead atoms. The first-order chi connectivity index (χ1) is 12.0. The minimum Gasteiger partial charge on any atom is -0.272 e. The van der Waals surface area contributed by atoms with Gasteiger partial charge in [0.25, 0.3) is 5.91 Å². The Labute approximate surface area is 144 Å². The number of aromatic amines is 1. The third-order valence-corrected chi connectivity index (χ3v) is 3.85. The lowest BCUT2D eigenvalue weighted by molar-refractivity contribution is 0.0950. The van der Waals surface area contributed by atoms with Crippen molar-refractivity contribution < 1.29 is 9.18 Å². The van der Waals surface area contributed by atoms with Crippen molar-refractivity contribution in [3.05, 3.63) is 76.7 Å². The number of benzene rings is 2. The number of aryl methyl sites for hydroxylation is 2. The van der Waals surface area contributed by atoms with Crippen molar-refractivity contribution in [2.75, 3.05) is 0 Å². The lowest BCUT2D eigenvalue weighted by Gasteiger charge is -2.01. The molecular formula is C19H17FN4O. The second-order valence-electron chi connectivity index (χ2n) is 5.72. The fraction of sp³-hybridized carbons (Fsp3) is 0.105. The number of hydrogen-bond acceptors (Lipinski definition) is 3. The van der Waals surface area contributed by atoms with Crippen LogP contribution in [0.2, 0.25) is 0 Å². The lowest BCUT2D eigenvalue weighted by atomic mass is 10.0. The first kappa shape index (κ1) is 16.6. The van der Waals surface area contributed by atoms with Gasteiger partial charge in [-0.25, -0.2) is 9.82 Å². The zero-order valence-electron chi connectivity index (χ0n) is 13.9. The smallest absolute Gasteiger partial charge is 0.272 e. The van der Waals surface area contributed by atoms with Gasteiger partial charge in [0.05, 0.1) is 11.9 Å². The number of nitrogens with zero attached hydrogens (tertiary/aromatic N) is 2. The van der Waals surface area contributed by atoms with Crippen LogP contribution in [0.15, 0.2) is 53.6 Å². The Balaban J connectivity index is 1.69. The van der Waals surface area contributed by atoms with Gasteiger partial charge >= 0.3 is 0 Å². The molecule has 0 saturated heterocycles. The number of aromatic nitrogens is 2. The van der Waals surface area contributed by atoms with Gasteiger partial charge in [-0.2, -0.15) is 10.2 Å². The van der Waals surface area contributed by atoms with E-state index in [1.807, 2.05) is 32.0 Å². The summed E-state index contributed by atoms with van der Waals surface area (Å²) in [6.07, 6.45) is 1.38. The highest BCUT2D eigenvalue weighted by Crippen LogP contribution is 2.20. The van der Waals surface area contributed by atoms with Gasteiger partial charge in [0.15, 0.2) is 0 Å². The Morgan fingerprint density at radius 3 is 2.76 bits per heavy atom. The van der Waals surface area contributed by atoms with Gasteiger partial charge < -0.3 is 0 Å². The normalized spacial score (nSPS) is 11.0. The molecule has 0 aliphatic rings. The molecule has 126 valence electrons. The van der Waals surface area contributed by atoms with Crippen LogP contribution >= 0.6 is 0 Å². The summed E-state index contributed by atoms with van der Waals surface area (Å²) in [4.78, 5) is 12.1. The summed E-state index contributed by atoms with van der Waals surface area (Å²) in [5, 5.41) is 10.7. The SMILES string of the molecule is Cc1ccc(-c2cc(C(=O)N/N=C/c3cccc(F)c3)[nH]n2)cc1C. The van der Waals surface area contributed by atoms with Gasteiger partial charge in [-0.05, 0) is 54.8 Å². The number of rotatable bonds is 4. The van der Waals surface area contributed by atoms with E-state index in [1.165, 1.54) is 23.9 Å². The first-order valence-electron chi connectivity index (χ1n) is 7.75. The summed E-state index contributed by atoms with van der Waals surface area (Å²) in [6, 6.07) is 13.6. The molecule has 0 saturated carbocycles. The molecule has 3 aromatic rings. The number of halogens is 1. The highest BCUT2D eigenvalue weighted by atomic mass is 19.1. The topological polar surface area (TPSA) is 70.1 Å². The Kier molecular flexibility index (Phi) is 4.70. The highest BCUT2D eigenvalue weighted by Gasteiger charge is 2.10. The molecule has 2 N–H and O–H groups in total. The maximum absolute atomic E-state index is 13.1. The number of carbonyl (C=O) groups excluding carboxylic acids is 1. The Morgan fingerprint density at radius 2 is 2.00 bits per heavy atom. The third-order valence-electron chi connectivity index (χ3n) is 3.85. The van der Waals surface area contributed by atoms with Gasteiger partial charge in [0, 0.05) is 5.56 Å². The van der Waals surface area contributed by atoms with Crippen LogP contribution in [-0.2, 0) is 0 Å². The molecule has 0 atom stereocenters. The second-order valence-corrected chi connectivity index (χ2v) is 5.72. The predicted molar refractivity (Wildman–Crippen MR) is 95.0 cm³/mol. The minimum absolute atomic E-state index is 0.296. The highest BCUT2D eigenvalue weighted by molar-refractivity contribution is 5.94. The Bertz CT molecular complexity index is 946. The van der Waals surface area contributed by atoms with Crippen LogP contribution in [-0.4, -0.2) is 22.3 Å². The first-order valence-corrected chi connectivity index (χ1v) is 7.75. The number of amides is 1. The average molecular weight is 336 g/mol. The third kappa shape index (κ3) is 3.98. The van der Waals surface area contributed by atoms with E-state index in [2.05, 4.69) is 20.7 Å². The van der Waals surface area contributed by atoms with Crippen LogP contribution in [0.25, 0.3) is 11.3 Å². The maximum atomic E-state index is 13.1. The summed E-state index contributed by atoms with van der Waals surface area (Å²) in [5.41, 5.74) is 7.21. The van der Waals surface area contributed by atoms with E-state index >= 15 is 0 Å². The van der Waals surface area contributed by atoms with E-state index in [4.69, 9.17) is 0 Å². The van der Waals surface area contributed by atoms with Gasteiger partial charge in [-0.1, -0.05) is 24.3 Å². The van der Waals surface area contributed by atoms with Crippen molar-refractivity contribution >= 4 is 12.1 Å². The van der Waals surface area contributed by atoms with Gasteiger partial charge in [0.1, 0.15) is 11.5 Å². The van der Waals surface area contributed by atoms with Crippen LogP contribution < -0.4 is 5.43 Å². The standard InChI is InChI=1S/C19H17FN4O/c1-12-6-7-15(8-13(12)2)17-10-18(23-22-17)19(25)24-21-11-14-4-3-5-16(20)9-14/h3-11H,1-2H3,(H,22,23)(H,24,25)/b21-11+. The Hall–Kier alpha value is -3.28. The molecule has 0 spiro atoms. The largest absolute Gasteiger partial charge is 0.289 e. The van der Waals surface area contributed by atoms with Crippen LogP contribution in [0.3, 0.4) is 0 Å². The molecule has 5 nitrogen and oxygen atoms in total. The molecule has 1 amide bonds. The lowest BCUT2D eigenvalue weighted by Crippen LogP contribution is -2.18. The van der Waals surface area contributed by atoms with Gasteiger partial charge in [0.2, 0.25) is 0 Å². The van der Waals surface area contributed by atoms with Gasteiger partial charge in [-0.3, -0.25) is 9.89 Å². The summed E-state index contributed by atoms with van der Waals surface area (Å²) in [6.45, 7) is 4.07. The van der Waals surface area contributed by atoms with Crippen LogP contribution in [0.4, 0.5) is 4.39 Å². The van der Waals surface area contributed by atoms with Crippen molar-refractivity contribution in [2.45, 2.75) is 13.8 Å². The molecule has 0 aliphatic heterocycles. The summed E-state index contributed by atoms with van der Waals surface area (Å²) in [7, 11) is 0. The molecule has 0 fully saturated rings. The van der Waals surface area contributed by atoms with E-state index in [-0.39, 0.29) is 5.82 Å². The number of H-pyrrole nitrogens is 1. The van der Waals surface area contributed by atoms with E-state index in [0.29, 0.717) is 17.0 Å². The molecule has 0 aliphatic carbocycles. The number of carbonyl (C=O) groups is 1. The molecule has 1 heterocycles. The van der Waals surface area contributed by atoms with Crippen molar-refractivity contribution in [2.24, 2.45) is 5.10 Å². The van der Waals surface area contributed by atoms with E-state index in [0.717, 1.165) is 11.1 Å². The van der Waals surface area contributed by atoms with Crippen molar-refractivity contribution in [3.8, 4) is 11.3 Å². The Morgan fingerprint density at radius 1 is 1.16 bits per heavy atom. The molecule has 1 aromatic heterocycles. The molecule has 6 heteroatoms. The van der Waals surface area contributed by atoms with Crippen molar-refractivity contribution in [1.29, 1.82) is 0 Å². The molecule has 0 unspecified atom stereocenters. The molecule has 3 rings (SSSR count). The fourth-order valence-corrected chi connectivity index (χ4v) is 2.30. The van der Waals surface area contributed by atoms with Crippen LogP contribution in [0.1, 0.15) is 27.2 Å². The van der Waals surface area contributed by atoms with E-state index in [9.17, 15) is 9.18 Å². The average Bonchev–Trinajstić information content (AvgIpc) is 3.07. The summed E-state index contributed by atoms with van der Waals surface area (Å²) < 4.78 is 13.1. The van der Waals surface area contributed by atoms with Crippen molar-refractivity contribution in [1.82, 2.24) is 15.6 Å². The molecule has 25 heavy (non-hydrogen) atoms. The van der Waals surface area contributed by atoms with E-state index in [1.54, 1.807) is 18.2 Å². The molecular weight excluding hydrogens is 319 g/mol.